The van der Waals surface area contributed by atoms with E-state index in [-0.39, 0.29) is 24.8 Å². The number of nitrogens with zero attached hydrogens (tertiary/aromatic N) is 2. The van der Waals surface area contributed by atoms with Crippen LogP contribution in [0.25, 0.3) is 22.2 Å². The van der Waals surface area contributed by atoms with Crippen LogP contribution in [0.2, 0.25) is 0 Å². The Morgan fingerprint density at radius 2 is 1.52 bits per heavy atom. The summed E-state index contributed by atoms with van der Waals surface area (Å²) >= 11 is 0. The third-order valence-corrected chi connectivity index (χ3v) is 5.93. The largest absolute Gasteiger partial charge is 0.449 e. The van der Waals surface area contributed by atoms with Crippen LogP contribution in [0, 0.1) is 0 Å². The molecule has 7 heteroatoms. The van der Waals surface area contributed by atoms with E-state index in [1.165, 1.54) is 6.20 Å². The monoisotopic (exact) mass is 441 g/mol. The summed E-state index contributed by atoms with van der Waals surface area (Å²) in [4.78, 5) is 20.9. The highest BCUT2D eigenvalue weighted by Crippen LogP contribution is 2.44. The fourth-order valence-corrected chi connectivity index (χ4v) is 4.26. The number of ether oxygens (including phenoxy) is 1. The number of amides is 1. The van der Waals surface area contributed by atoms with Gasteiger partial charge in [-0.25, -0.2) is 9.78 Å². The van der Waals surface area contributed by atoms with Gasteiger partial charge in [-0.2, -0.15) is 0 Å². The number of para-hydroxylation sites is 2. The summed E-state index contributed by atoms with van der Waals surface area (Å²) in [5.74, 6) is -0.0495. The number of hydrogen-bond donors (Lipinski definition) is 3. The first-order valence-electron chi connectivity index (χ1n) is 10.8. The van der Waals surface area contributed by atoms with Crippen LogP contribution in [0.1, 0.15) is 28.8 Å². The summed E-state index contributed by atoms with van der Waals surface area (Å²) in [6.07, 6.45) is -1.80. The van der Waals surface area contributed by atoms with Gasteiger partial charge in [0.15, 0.2) is 0 Å². The van der Waals surface area contributed by atoms with Crippen LogP contribution in [-0.2, 0) is 4.74 Å². The van der Waals surface area contributed by atoms with Crippen molar-refractivity contribution >= 4 is 17.1 Å². The van der Waals surface area contributed by atoms with Gasteiger partial charge in [0.05, 0.1) is 22.9 Å². The maximum atomic E-state index is 12.3. The average Bonchev–Trinajstić information content (AvgIpc) is 3.19. The van der Waals surface area contributed by atoms with Crippen molar-refractivity contribution in [2.75, 3.05) is 13.2 Å². The SMILES string of the molecule is O=C(NCC(O)C(O)c1cnc2ccccc2n1)OCC1c2ccccc2-c2ccccc21. The van der Waals surface area contributed by atoms with Crippen molar-refractivity contribution in [2.45, 2.75) is 18.1 Å². The zero-order chi connectivity index (χ0) is 22.8. The first kappa shape index (κ1) is 21.1. The van der Waals surface area contributed by atoms with E-state index in [0.29, 0.717) is 11.0 Å². The summed E-state index contributed by atoms with van der Waals surface area (Å²) in [6.45, 7) is -0.0129. The van der Waals surface area contributed by atoms with Gasteiger partial charge in [0.1, 0.15) is 18.8 Å². The number of aliphatic hydroxyl groups is 2. The Hall–Kier alpha value is -3.81. The predicted molar refractivity (Wildman–Crippen MR) is 124 cm³/mol. The molecule has 3 aromatic carbocycles. The highest BCUT2D eigenvalue weighted by molar-refractivity contribution is 5.79. The number of rotatable bonds is 6. The number of hydrogen-bond acceptors (Lipinski definition) is 6. The Labute approximate surface area is 190 Å². The van der Waals surface area contributed by atoms with Gasteiger partial charge in [-0.3, -0.25) is 4.98 Å². The Morgan fingerprint density at radius 3 is 2.21 bits per heavy atom. The summed E-state index contributed by atoms with van der Waals surface area (Å²) < 4.78 is 5.46. The fraction of sp³-hybridized carbons (Fsp3) is 0.192. The van der Waals surface area contributed by atoms with Crippen LogP contribution >= 0.6 is 0 Å². The Kier molecular flexibility index (Phi) is 5.73. The molecule has 5 rings (SSSR count). The van der Waals surface area contributed by atoms with Crippen LogP contribution in [0.15, 0.2) is 79.0 Å². The molecule has 1 aliphatic carbocycles. The number of fused-ring (bicyclic) bond motifs is 4. The van der Waals surface area contributed by atoms with Crippen LogP contribution in [-0.4, -0.2) is 45.5 Å². The van der Waals surface area contributed by atoms with Crippen LogP contribution < -0.4 is 5.32 Å². The number of nitrogens with one attached hydrogen (secondary N) is 1. The highest BCUT2D eigenvalue weighted by Gasteiger charge is 2.29. The number of aromatic nitrogens is 2. The van der Waals surface area contributed by atoms with Gasteiger partial charge < -0.3 is 20.3 Å². The molecule has 0 aliphatic heterocycles. The van der Waals surface area contributed by atoms with Gasteiger partial charge in [-0.05, 0) is 34.4 Å². The second-order valence-electron chi connectivity index (χ2n) is 8.00. The molecule has 2 unspecified atom stereocenters. The van der Waals surface area contributed by atoms with Crippen molar-refractivity contribution in [1.82, 2.24) is 15.3 Å². The molecule has 166 valence electrons. The fourth-order valence-electron chi connectivity index (χ4n) is 4.26. The second kappa shape index (κ2) is 8.97. The van der Waals surface area contributed by atoms with E-state index in [0.717, 1.165) is 22.3 Å². The minimum Gasteiger partial charge on any atom is -0.449 e. The average molecular weight is 441 g/mol. The van der Waals surface area contributed by atoms with Gasteiger partial charge in [0.25, 0.3) is 0 Å². The van der Waals surface area contributed by atoms with Crippen LogP contribution in [0.3, 0.4) is 0 Å². The molecule has 4 aromatic rings. The minimum atomic E-state index is -1.30. The first-order valence-corrected chi connectivity index (χ1v) is 10.8. The number of aliphatic hydroxyl groups excluding tert-OH is 2. The standard InChI is InChI=1S/C26H23N3O4/c30-24(25(31)23-13-27-21-11-5-6-12-22(21)29-23)14-28-26(32)33-15-20-18-9-3-1-7-16(18)17-8-2-4-10-19(17)20/h1-13,20,24-25,30-31H,14-15H2,(H,28,32). The molecule has 0 saturated heterocycles. The van der Waals surface area contributed by atoms with Crippen LogP contribution in [0.4, 0.5) is 4.79 Å². The molecular weight excluding hydrogens is 418 g/mol. The summed E-state index contributed by atoms with van der Waals surface area (Å²) in [5.41, 5.74) is 6.09. The first-order chi connectivity index (χ1) is 16.1. The molecule has 0 spiro atoms. The topological polar surface area (TPSA) is 105 Å². The van der Waals surface area contributed by atoms with Gasteiger partial charge in [-0.15, -0.1) is 0 Å². The lowest BCUT2D eigenvalue weighted by Crippen LogP contribution is -2.36. The van der Waals surface area contributed by atoms with E-state index in [2.05, 4.69) is 27.4 Å². The lowest BCUT2D eigenvalue weighted by Gasteiger charge is -2.19. The van der Waals surface area contributed by atoms with E-state index in [9.17, 15) is 15.0 Å². The molecule has 0 saturated carbocycles. The molecule has 1 amide bonds. The molecule has 1 heterocycles. The van der Waals surface area contributed by atoms with Gasteiger partial charge in [0, 0.05) is 12.5 Å². The third-order valence-electron chi connectivity index (χ3n) is 5.93. The molecular formula is C26H23N3O4. The maximum Gasteiger partial charge on any atom is 0.407 e. The lowest BCUT2D eigenvalue weighted by atomic mass is 9.98. The quantitative estimate of drug-likeness (QED) is 0.423. The van der Waals surface area contributed by atoms with Crippen molar-refractivity contribution in [3.63, 3.8) is 0 Å². The van der Waals surface area contributed by atoms with Crippen molar-refractivity contribution < 1.29 is 19.7 Å². The molecule has 2 atom stereocenters. The van der Waals surface area contributed by atoms with Crippen molar-refractivity contribution in [3.05, 3.63) is 95.8 Å². The Balaban J connectivity index is 1.19. The van der Waals surface area contributed by atoms with Crippen molar-refractivity contribution in [1.29, 1.82) is 0 Å². The molecule has 33 heavy (non-hydrogen) atoms. The number of benzene rings is 3. The van der Waals surface area contributed by atoms with Gasteiger partial charge in [-0.1, -0.05) is 60.7 Å². The molecule has 0 fully saturated rings. The van der Waals surface area contributed by atoms with Gasteiger partial charge in [0.2, 0.25) is 0 Å². The predicted octanol–water partition coefficient (Wildman–Crippen LogP) is 3.56. The smallest absolute Gasteiger partial charge is 0.407 e. The molecule has 7 nitrogen and oxygen atoms in total. The number of carbonyl (C=O) groups is 1. The van der Waals surface area contributed by atoms with Crippen molar-refractivity contribution in [2.24, 2.45) is 0 Å². The summed E-state index contributed by atoms with van der Waals surface area (Å²) in [7, 11) is 0. The van der Waals surface area contributed by atoms with Crippen molar-refractivity contribution in [3.8, 4) is 11.1 Å². The molecule has 1 aromatic heterocycles. The Bertz CT molecular complexity index is 1260. The highest BCUT2D eigenvalue weighted by atomic mass is 16.5. The molecule has 0 radical (unpaired) electrons. The van der Waals surface area contributed by atoms with Gasteiger partial charge >= 0.3 is 6.09 Å². The van der Waals surface area contributed by atoms with E-state index < -0.39 is 18.3 Å². The maximum absolute atomic E-state index is 12.3. The minimum absolute atomic E-state index is 0.0495. The van der Waals surface area contributed by atoms with E-state index in [1.807, 2.05) is 54.6 Å². The molecule has 3 N–H and O–H groups in total. The summed E-state index contributed by atoms with van der Waals surface area (Å²) in [6, 6.07) is 23.4. The Morgan fingerprint density at radius 1 is 0.909 bits per heavy atom. The lowest BCUT2D eigenvalue weighted by molar-refractivity contribution is 0.0160. The van der Waals surface area contributed by atoms with E-state index >= 15 is 0 Å². The third kappa shape index (κ3) is 4.16. The number of alkyl carbamates (subject to hydrolysis) is 1. The summed E-state index contributed by atoms with van der Waals surface area (Å²) in [5, 5.41) is 23.3. The molecule has 0 bridgehead atoms. The number of carbonyl (C=O) groups excluding carboxylic acids is 1. The van der Waals surface area contributed by atoms with Crippen LogP contribution in [0.5, 0.6) is 0 Å². The zero-order valence-electron chi connectivity index (χ0n) is 17.8. The second-order valence-corrected chi connectivity index (χ2v) is 8.00. The molecule has 1 aliphatic rings. The van der Waals surface area contributed by atoms with E-state index in [1.54, 1.807) is 6.07 Å². The van der Waals surface area contributed by atoms with E-state index in [4.69, 9.17) is 4.74 Å². The normalized spacial score (nSPS) is 14.4. The zero-order valence-corrected chi connectivity index (χ0v) is 17.8.